The third-order valence-electron chi connectivity index (χ3n) is 5.87. The summed E-state index contributed by atoms with van der Waals surface area (Å²) in [5.41, 5.74) is 1.25. The second-order valence-electron chi connectivity index (χ2n) is 8.33. The van der Waals surface area contributed by atoms with Gasteiger partial charge in [-0.25, -0.2) is 9.50 Å². The number of hydrogen-bond acceptors (Lipinski definition) is 5. The molecule has 0 saturated heterocycles. The molecular formula is C26H21F3N6O2. The number of halogens is 3. The summed E-state index contributed by atoms with van der Waals surface area (Å²) in [6.07, 6.45) is -1.95. The summed E-state index contributed by atoms with van der Waals surface area (Å²) < 4.78 is 49.0. The number of amides is 1. The summed E-state index contributed by atoms with van der Waals surface area (Å²) in [7, 11) is 1.49. The van der Waals surface area contributed by atoms with Gasteiger partial charge in [0.1, 0.15) is 11.3 Å². The fourth-order valence-corrected chi connectivity index (χ4v) is 3.90. The second-order valence-corrected chi connectivity index (χ2v) is 8.33. The predicted molar refractivity (Wildman–Crippen MR) is 130 cm³/mol. The molecule has 0 aliphatic heterocycles. The number of carbonyl (C=O) groups is 1. The first kappa shape index (κ1) is 24.0. The molecule has 1 N–H and O–H groups in total. The molecule has 5 rings (SSSR count). The number of ether oxygens (including phenoxy) is 1. The number of aryl methyl sites for hydroxylation is 1. The molecule has 0 aliphatic rings. The molecule has 2 aromatic carbocycles. The van der Waals surface area contributed by atoms with Gasteiger partial charge in [-0.15, -0.1) is 0 Å². The average molecular weight is 506 g/mol. The Balaban J connectivity index is 1.47. The summed E-state index contributed by atoms with van der Waals surface area (Å²) in [6.45, 7) is 2.50. The van der Waals surface area contributed by atoms with Crippen molar-refractivity contribution in [3.05, 3.63) is 95.4 Å². The summed E-state index contributed by atoms with van der Waals surface area (Å²) in [5, 5.41) is 10.8. The number of aromatic nitrogens is 5. The van der Waals surface area contributed by atoms with Crippen molar-refractivity contribution in [3.8, 4) is 17.0 Å². The third-order valence-corrected chi connectivity index (χ3v) is 5.87. The molecule has 37 heavy (non-hydrogen) atoms. The van der Waals surface area contributed by atoms with Crippen LogP contribution in [-0.4, -0.2) is 37.4 Å². The normalized spacial score (nSPS) is 11.6. The first-order valence-electron chi connectivity index (χ1n) is 11.2. The summed E-state index contributed by atoms with van der Waals surface area (Å²) in [4.78, 5) is 17.4. The van der Waals surface area contributed by atoms with Crippen LogP contribution < -0.4 is 10.1 Å². The highest BCUT2D eigenvalue weighted by Gasteiger charge is 2.36. The first-order valence-corrected chi connectivity index (χ1v) is 11.2. The highest BCUT2D eigenvalue weighted by atomic mass is 19.4. The van der Waals surface area contributed by atoms with Gasteiger partial charge in [-0.2, -0.15) is 23.4 Å². The molecule has 0 atom stereocenters. The van der Waals surface area contributed by atoms with Crippen molar-refractivity contribution >= 4 is 17.4 Å². The van der Waals surface area contributed by atoms with E-state index in [1.54, 1.807) is 41.2 Å². The topological polar surface area (TPSA) is 86.3 Å². The summed E-state index contributed by atoms with van der Waals surface area (Å²) >= 11 is 0. The first-order chi connectivity index (χ1) is 17.7. The van der Waals surface area contributed by atoms with Crippen LogP contribution in [0.25, 0.3) is 16.9 Å². The van der Waals surface area contributed by atoms with Crippen molar-refractivity contribution in [2.75, 3.05) is 12.4 Å². The van der Waals surface area contributed by atoms with E-state index in [2.05, 4.69) is 20.5 Å². The van der Waals surface area contributed by atoms with Gasteiger partial charge in [0.25, 0.3) is 5.91 Å². The molecule has 0 radical (unpaired) electrons. The van der Waals surface area contributed by atoms with Crippen LogP contribution >= 0.6 is 0 Å². The number of anilines is 1. The molecule has 3 aromatic heterocycles. The van der Waals surface area contributed by atoms with Crippen LogP contribution in [0.3, 0.4) is 0 Å². The van der Waals surface area contributed by atoms with Gasteiger partial charge in [0.05, 0.1) is 25.5 Å². The lowest BCUT2D eigenvalue weighted by atomic mass is 10.1. The number of nitrogens with one attached hydrogen (secondary N) is 1. The van der Waals surface area contributed by atoms with Crippen LogP contribution in [-0.2, 0) is 12.7 Å². The van der Waals surface area contributed by atoms with Gasteiger partial charge >= 0.3 is 6.18 Å². The molecule has 0 fully saturated rings. The lowest BCUT2D eigenvalue weighted by Crippen LogP contribution is -2.16. The van der Waals surface area contributed by atoms with Crippen LogP contribution in [0, 0.1) is 6.92 Å². The quantitative estimate of drug-likeness (QED) is 0.341. The Kier molecular flexibility index (Phi) is 6.12. The molecule has 0 bridgehead atoms. The van der Waals surface area contributed by atoms with Crippen LogP contribution in [0.2, 0.25) is 0 Å². The van der Waals surface area contributed by atoms with E-state index in [1.165, 1.54) is 7.11 Å². The van der Waals surface area contributed by atoms with Gasteiger partial charge in [-0.1, -0.05) is 24.3 Å². The van der Waals surface area contributed by atoms with Gasteiger partial charge in [0.2, 0.25) is 0 Å². The van der Waals surface area contributed by atoms with Gasteiger partial charge in [0.15, 0.2) is 17.2 Å². The molecule has 0 spiro atoms. The molecule has 0 aliphatic carbocycles. The minimum Gasteiger partial charge on any atom is -0.497 e. The van der Waals surface area contributed by atoms with Crippen LogP contribution in [0.4, 0.5) is 19.0 Å². The fraction of sp³-hybridized carbons (Fsp3) is 0.154. The predicted octanol–water partition coefficient (Wildman–Crippen LogP) is 5.23. The molecule has 11 heteroatoms. The van der Waals surface area contributed by atoms with Crippen molar-refractivity contribution in [3.63, 3.8) is 0 Å². The largest absolute Gasteiger partial charge is 0.497 e. The zero-order valence-corrected chi connectivity index (χ0v) is 19.8. The number of nitrogens with zero attached hydrogens (tertiary/aromatic N) is 5. The number of methoxy groups -OCH3 is 1. The van der Waals surface area contributed by atoms with E-state index in [0.717, 1.165) is 23.4 Å². The monoisotopic (exact) mass is 506 g/mol. The molecule has 0 unspecified atom stereocenters. The maximum absolute atomic E-state index is 13.9. The van der Waals surface area contributed by atoms with Crippen LogP contribution in [0.15, 0.2) is 73.1 Å². The highest BCUT2D eigenvalue weighted by Crippen LogP contribution is 2.33. The minimum absolute atomic E-state index is 0.0412. The lowest BCUT2D eigenvalue weighted by molar-refractivity contribution is -0.142. The number of benzene rings is 2. The molecule has 3 heterocycles. The van der Waals surface area contributed by atoms with Crippen LogP contribution in [0.5, 0.6) is 5.75 Å². The molecule has 8 nitrogen and oxygen atoms in total. The highest BCUT2D eigenvalue weighted by molar-refractivity contribution is 6.07. The van der Waals surface area contributed by atoms with Crippen molar-refractivity contribution in [2.45, 2.75) is 19.6 Å². The molecule has 0 saturated carbocycles. The number of hydrogen-bond donors (Lipinski definition) is 1. The summed E-state index contributed by atoms with van der Waals surface area (Å²) in [5.74, 6) is 0.121. The van der Waals surface area contributed by atoms with Gasteiger partial charge in [-0.3, -0.25) is 9.48 Å². The van der Waals surface area contributed by atoms with Crippen LogP contribution in [0.1, 0.15) is 27.2 Å². The van der Waals surface area contributed by atoms with E-state index in [1.807, 2.05) is 31.2 Å². The van der Waals surface area contributed by atoms with E-state index < -0.39 is 17.8 Å². The standard InChI is InChI=1S/C26H21F3N6O2/c1-16-5-3-4-6-18(16)15-34-12-11-23(33-34)32-25(36)20-14-30-35-22(26(27,28)29)13-21(31-24(20)35)17-7-9-19(37-2)10-8-17/h3-14H,15H2,1-2H3,(H,32,33,36). The van der Waals surface area contributed by atoms with E-state index in [-0.39, 0.29) is 22.7 Å². The van der Waals surface area contributed by atoms with Crippen molar-refractivity contribution in [2.24, 2.45) is 0 Å². The smallest absolute Gasteiger partial charge is 0.433 e. The van der Waals surface area contributed by atoms with Gasteiger partial charge in [0, 0.05) is 17.8 Å². The number of fused-ring (bicyclic) bond motifs is 1. The Hall–Kier alpha value is -4.67. The molecular weight excluding hydrogens is 485 g/mol. The van der Waals surface area contributed by atoms with E-state index in [0.29, 0.717) is 22.4 Å². The summed E-state index contributed by atoms with van der Waals surface area (Å²) in [6, 6.07) is 16.8. The fourth-order valence-electron chi connectivity index (χ4n) is 3.90. The Bertz CT molecular complexity index is 1590. The van der Waals surface area contributed by atoms with E-state index >= 15 is 0 Å². The Morgan fingerprint density at radius 2 is 1.84 bits per heavy atom. The zero-order valence-electron chi connectivity index (χ0n) is 19.8. The average Bonchev–Trinajstić information content (AvgIpc) is 3.51. The Labute approximate surface area is 209 Å². The second kappa shape index (κ2) is 9.41. The Morgan fingerprint density at radius 3 is 2.54 bits per heavy atom. The lowest BCUT2D eigenvalue weighted by Gasteiger charge is -2.12. The third kappa shape index (κ3) is 4.88. The van der Waals surface area contributed by atoms with Crippen molar-refractivity contribution in [1.82, 2.24) is 24.4 Å². The minimum atomic E-state index is -4.73. The molecule has 188 valence electrons. The van der Waals surface area contributed by atoms with E-state index in [4.69, 9.17) is 4.74 Å². The Morgan fingerprint density at radius 1 is 1.08 bits per heavy atom. The molecule has 1 amide bonds. The van der Waals surface area contributed by atoms with Gasteiger partial charge in [-0.05, 0) is 48.4 Å². The maximum Gasteiger partial charge on any atom is 0.433 e. The SMILES string of the molecule is COc1ccc(-c2cc(C(F)(F)F)n3ncc(C(=O)Nc4ccn(Cc5ccccc5C)n4)c3n2)cc1. The van der Waals surface area contributed by atoms with E-state index in [9.17, 15) is 18.0 Å². The number of carbonyl (C=O) groups excluding carboxylic acids is 1. The zero-order chi connectivity index (χ0) is 26.2. The van der Waals surface area contributed by atoms with Gasteiger partial charge < -0.3 is 10.1 Å². The maximum atomic E-state index is 13.9. The molecule has 5 aromatic rings. The van der Waals surface area contributed by atoms with Crippen molar-refractivity contribution < 1.29 is 22.7 Å². The number of alkyl halides is 3. The van der Waals surface area contributed by atoms with Crippen molar-refractivity contribution in [1.29, 1.82) is 0 Å². The number of rotatable bonds is 6.